The van der Waals surface area contributed by atoms with Gasteiger partial charge in [0.1, 0.15) is 6.54 Å². The third-order valence-corrected chi connectivity index (χ3v) is 4.20. The summed E-state index contributed by atoms with van der Waals surface area (Å²) in [5, 5.41) is 0. The molecule has 3 amide bonds. The minimum atomic E-state index is -0.329. The van der Waals surface area contributed by atoms with Gasteiger partial charge in [0, 0.05) is 19.6 Å². The van der Waals surface area contributed by atoms with Crippen molar-refractivity contribution in [2.24, 2.45) is 5.92 Å². The standard InChI is InChI=1S/C18H25N3O4/c1-4-21-16(22)12-20(18(21)24)13-19(10-14(2)17(23)25-3)11-15-8-6-5-7-9-15/h5-9,14H,4,10-13H2,1-3H3. The van der Waals surface area contributed by atoms with E-state index in [9.17, 15) is 14.4 Å². The van der Waals surface area contributed by atoms with Crippen LogP contribution in [0.1, 0.15) is 19.4 Å². The van der Waals surface area contributed by atoms with Gasteiger partial charge in [-0.2, -0.15) is 0 Å². The molecule has 1 fully saturated rings. The highest BCUT2D eigenvalue weighted by Crippen LogP contribution is 2.14. The average molecular weight is 347 g/mol. The number of rotatable bonds is 8. The molecule has 136 valence electrons. The molecule has 1 unspecified atom stereocenters. The summed E-state index contributed by atoms with van der Waals surface area (Å²) >= 11 is 0. The molecule has 1 aliphatic heterocycles. The minimum Gasteiger partial charge on any atom is -0.469 e. The van der Waals surface area contributed by atoms with Gasteiger partial charge in [-0.3, -0.25) is 19.4 Å². The zero-order chi connectivity index (χ0) is 18.4. The fourth-order valence-electron chi connectivity index (χ4n) is 2.93. The zero-order valence-electron chi connectivity index (χ0n) is 15.0. The number of urea groups is 1. The summed E-state index contributed by atoms with van der Waals surface area (Å²) in [6.45, 7) is 5.31. The molecule has 0 aliphatic carbocycles. The maximum absolute atomic E-state index is 12.3. The molecule has 0 bridgehead atoms. The largest absolute Gasteiger partial charge is 0.469 e. The van der Waals surface area contributed by atoms with Crippen LogP contribution in [0.3, 0.4) is 0 Å². The van der Waals surface area contributed by atoms with Crippen molar-refractivity contribution < 1.29 is 19.1 Å². The number of ether oxygens (including phenoxy) is 1. The molecule has 7 heteroatoms. The van der Waals surface area contributed by atoms with E-state index in [2.05, 4.69) is 0 Å². The normalized spacial score (nSPS) is 15.8. The van der Waals surface area contributed by atoms with Gasteiger partial charge in [0.05, 0.1) is 19.7 Å². The Morgan fingerprint density at radius 1 is 1.28 bits per heavy atom. The number of nitrogens with zero attached hydrogens (tertiary/aromatic N) is 3. The molecule has 0 N–H and O–H groups in total. The van der Waals surface area contributed by atoms with Crippen LogP contribution in [0.5, 0.6) is 0 Å². The summed E-state index contributed by atoms with van der Waals surface area (Å²) in [7, 11) is 1.36. The first kappa shape index (κ1) is 18.9. The van der Waals surface area contributed by atoms with E-state index in [0.717, 1.165) is 5.56 Å². The third kappa shape index (κ3) is 4.79. The number of benzene rings is 1. The fourth-order valence-corrected chi connectivity index (χ4v) is 2.93. The maximum atomic E-state index is 12.3. The van der Waals surface area contributed by atoms with Crippen molar-refractivity contribution in [3.8, 4) is 0 Å². The van der Waals surface area contributed by atoms with E-state index in [-0.39, 0.29) is 37.0 Å². The lowest BCUT2D eigenvalue weighted by molar-refractivity contribution is -0.145. The van der Waals surface area contributed by atoms with Crippen molar-refractivity contribution in [3.05, 3.63) is 35.9 Å². The highest BCUT2D eigenvalue weighted by atomic mass is 16.5. The number of esters is 1. The molecular weight excluding hydrogens is 322 g/mol. The Labute approximate surface area is 148 Å². The van der Waals surface area contributed by atoms with Crippen molar-refractivity contribution >= 4 is 17.9 Å². The van der Waals surface area contributed by atoms with Gasteiger partial charge >= 0.3 is 12.0 Å². The minimum absolute atomic E-state index is 0.0740. The first-order valence-corrected chi connectivity index (χ1v) is 8.39. The lowest BCUT2D eigenvalue weighted by atomic mass is 10.1. The lowest BCUT2D eigenvalue weighted by Gasteiger charge is -2.29. The van der Waals surface area contributed by atoms with Crippen LogP contribution in [0.4, 0.5) is 4.79 Å². The van der Waals surface area contributed by atoms with E-state index < -0.39 is 0 Å². The van der Waals surface area contributed by atoms with Crippen LogP contribution < -0.4 is 0 Å². The van der Waals surface area contributed by atoms with Crippen LogP contribution in [0, 0.1) is 5.92 Å². The molecule has 0 radical (unpaired) electrons. The smallest absolute Gasteiger partial charge is 0.328 e. The van der Waals surface area contributed by atoms with E-state index in [1.165, 1.54) is 16.9 Å². The van der Waals surface area contributed by atoms with Crippen LogP contribution in [-0.2, 0) is 20.9 Å². The van der Waals surface area contributed by atoms with E-state index in [1.807, 2.05) is 35.2 Å². The van der Waals surface area contributed by atoms with Gasteiger partial charge in [-0.1, -0.05) is 37.3 Å². The number of hydrogen-bond acceptors (Lipinski definition) is 5. The predicted octanol–water partition coefficient (Wildman–Crippen LogP) is 1.54. The number of carbonyl (C=O) groups is 3. The van der Waals surface area contributed by atoms with Crippen LogP contribution in [0.15, 0.2) is 30.3 Å². The van der Waals surface area contributed by atoms with Crippen molar-refractivity contribution in [1.29, 1.82) is 0 Å². The van der Waals surface area contributed by atoms with Crippen molar-refractivity contribution in [3.63, 3.8) is 0 Å². The molecule has 2 rings (SSSR count). The zero-order valence-corrected chi connectivity index (χ0v) is 15.0. The Bertz CT molecular complexity index is 620. The number of likely N-dealkylation sites (N-methyl/N-ethyl adjacent to an activating group) is 1. The van der Waals surface area contributed by atoms with Crippen LogP contribution in [-0.4, -0.2) is 66.0 Å². The molecule has 1 aliphatic rings. The number of methoxy groups -OCH3 is 1. The SMILES string of the molecule is CCN1C(=O)CN(CN(Cc2ccccc2)CC(C)C(=O)OC)C1=O. The molecule has 0 aromatic heterocycles. The Hall–Kier alpha value is -2.41. The monoisotopic (exact) mass is 347 g/mol. The van der Waals surface area contributed by atoms with E-state index in [1.54, 1.807) is 13.8 Å². The summed E-state index contributed by atoms with van der Waals surface area (Å²) in [6.07, 6.45) is 0. The molecule has 1 heterocycles. The van der Waals surface area contributed by atoms with Gasteiger partial charge in [0.15, 0.2) is 0 Å². The molecule has 25 heavy (non-hydrogen) atoms. The van der Waals surface area contributed by atoms with Gasteiger partial charge in [-0.05, 0) is 12.5 Å². The van der Waals surface area contributed by atoms with E-state index in [0.29, 0.717) is 19.6 Å². The van der Waals surface area contributed by atoms with Gasteiger partial charge in [-0.25, -0.2) is 4.79 Å². The Morgan fingerprint density at radius 2 is 1.96 bits per heavy atom. The highest BCUT2D eigenvalue weighted by Gasteiger charge is 2.35. The quantitative estimate of drug-likeness (QED) is 0.527. The van der Waals surface area contributed by atoms with Crippen molar-refractivity contribution in [2.75, 3.05) is 33.4 Å². The van der Waals surface area contributed by atoms with Crippen LogP contribution in [0.2, 0.25) is 0 Å². The maximum Gasteiger partial charge on any atom is 0.328 e. The average Bonchev–Trinajstić information content (AvgIpc) is 2.87. The molecule has 1 saturated heterocycles. The Kier molecular flexibility index (Phi) is 6.52. The first-order chi connectivity index (χ1) is 12.0. The predicted molar refractivity (Wildman–Crippen MR) is 92.4 cm³/mol. The van der Waals surface area contributed by atoms with Crippen LogP contribution in [0.25, 0.3) is 0 Å². The molecule has 7 nitrogen and oxygen atoms in total. The third-order valence-electron chi connectivity index (χ3n) is 4.20. The number of imide groups is 1. The molecular formula is C18H25N3O4. The topological polar surface area (TPSA) is 70.2 Å². The summed E-state index contributed by atoms with van der Waals surface area (Å²) in [6, 6.07) is 9.53. The Morgan fingerprint density at radius 3 is 2.52 bits per heavy atom. The fraction of sp³-hybridized carbons (Fsp3) is 0.500. The second-order valence-corrected chi connectivity index (χ2v) is 6.18. The Balaban J connectivity index is 2.09. The highest BCUT2D eigenvalue weighted by molar-refractivity contribution is 6.01. The second kappa shape index (κ2) is 8.62. The molecule has 1 atom stereocenters. The van der Waals surface area contributed by atoms with E-state index in [4.69, 9.17) is 4.74 Å². The van der Waals surface area contributed by atoms with Crippen molar-refractivity contribution in [1.82, 2.24) is 14.7 Å². The molecule has 0 spiro atoms. The van der Waals surface area contributed by atoms with Gasteiger partial charge in [-0.15, -0.1) is 0 Å². The number of hydrogen-bond donors (Lipinski definition) is 0. The summed E-state index contributed by atoms with van der Waals surface area (Å²) < 4.78 is 4.80. The number of carbonyl (C=O) groups excluding carboxylic acids is 3. The summed E-state index contributed by atoms with van der Waals surface area (Å²) in [5.41, 5.74) is 1.07. The van der Waals surface area contributed by atoms with Gasteiger partial charge in [0.2, 0.25) is 5.91 Å². The molecule has 0 saturated carbocycles. The lowest BCUT2D eigenvalue weighted by Crippen LogP contribution is -2.43. The molecule has 1 aromatic rings. The summed E-state index contributed by atoms with van der Waals surface area (Å²) in [4.78, 5) is 40.7. The first-order valence-electron chi connectivity index (χ1n) is 8.39. The summed E-state index contributed by atoms with van der Waals surface area (Å²) in [5.74, 6) is -0.811. The van der Waals surface area contributed by atoms with E-state index >= 15 is 0 Å². The van der Waals surface area contributed by atoms with Gasteiger partial charge in [0.25, 0.3) is 0 Å². The van der Waals surface area contributed by atoms with Crippen molar-refractivity contribution in [2.45, 2.75) is 20.4 Å². The van der Waals surface area contributed by atoms with Gasteiger partial charge < -0.3 is 9.64 Å². The number of amides is 3. The molecule has 1 aromatic carbocycles. The second-order valence-electron chi connectivity index (χ2n) is 6.18. The van der Waals surface area contributed by atoms with Crippen LogP contribution >= 0.6 is 0 Å².